The topological polar surface area (TPSA) is 34.4 Å². The zero-order valence-electron chi connectivity index (χ0n) is 10.0. The molecule has 17 heavy (non-hydrogen) atoms. The Balaban J connectivity index is 2.20. The van der Waals surface area contributed by atoms with Crippen LogP contribution in [0.5, 0.6) is 0 Å². The van der Waals surface area contributed by atoms with Crippen molar-refractivity contribution in [2.45, 2.75) is 13.5 Å². The Morgan fingerprint density at radius 2 is 2.24 bits per heavy atom. The molecular formula is C13H16ClNO2. The first-order chi connectivity index (χ1) is 8.24. The summed E-state index contributed by atoms with van der Waals surface area (Å²) in [6.45, 7) is 4.35. The Morgan fingerprint density at radius 1 is 1.41 bits per heavy atom. The number of nitrogens with one attached hydrogen (secondary N) is 1. The predicted octanol–water partition coefficient (Wildman–Crippen LogP) is 3.13. The summed E-state index contributed by atoms with van der Waals surface area (Å²) in [5.41, 5.74) is 3.09. The van der Waals surface area contributed by atoms with E-state index < -0.39 is 0 Å². The number of rotatable bonds is 5. The molecule has 0 bridgehead atoms. The minimum atomic E-state index is 0.661. The Kier molecular flexibility index (Phi) is 4.05. The molecule has 1 N–H and O–H groups in total. The molecule has 0 saturated heterocycles. The molecule has 92 valence electrons. The minimum absolute atomic E-state index is 0.661. The van der Waals surface area contributed by atoms with E-state index in [1.165, 1.54) is 5.56 Å². The largest absolute Gasteiger partial charge is 0.462 e. The van der Waals surface area contributed by atoms with Crippen LogP contribution in [0.15, 0.2) is 22.8 Å². The van der Waals surface area contributed by atoms with Crippen LogP contribution in [-0.2, 0) is 11.3 Å². The molecule has 0 amide bonds. The number of ether oxygens (including phenoxy) is 1. The fourth-order valence-corrected chi connectivity index (χ4v) is 2.09. The molecule has 0 fully saturated rings. The molecule has 0 radical (unpaired) electrons. The summed E-state index contributed by atoms with van der Waals surface area (Å²) in [6.07, 6.45) is 1.77. The highest BCUT2D eigenvalue weighted by atomic mass is 35.5. The van der Waals surface area contributed by atoms with Gasteiger partial charge in [-0.15, -0.1) is 0 Å². The SMILES string of the molecule is COCCNCc1coc2c(Cl)ccc(C)c12. The molecule has 0 unspecified atom stereocenters. The van der Waals surface area contributed by atoms with Gasteiger partial charge in [-0.3, -0.25) is 0 Å². The molecule has 2 rings (SSSR count). The molecule has 3 nitrogen and oxygen atoms in total. The molecular weight excluding hydrogens is 238 g/mol. The predicted molar refractivity (Wildman–Crippen MR) is 69.5 cm³/mol. The smallest absolute Gasteiger partial charge is 0.153 e. The molecule has 1 heterocycles. The van der Waals surface area contributed by atoms with Gasteiger partial charge in [-0.25, -0.2) is 0 Å². The lowest BCUT2D eigenvalue weighted by Gasteiger charge is -2.04. The second kappa shape index (κ2) is 5.54. The first-order valence-electron chi connectivity index (χ1n) is 5.59. The maximum absolute atomic E-state index is 6.09. The summed E-state index contributed by atoms with van der Waals surface area (Å²) in [6, 6.07) is 3.88. The van der Waals surface area contributed by atoms with E-state index in [0.29, 0.717) is 11.6 Å². The van der Waals surface area contributed by atoms with Crippen molar-refractivity contribution in [3.8, 4) is 0 Å². The van der Waals surface area contributed by atoms with E-state index in [2.05, 4.69) is 12.2 Å². The van der Waals surface area contributed by atoms with E-state index in [9.17, 15) is 0 Å². The van der Waals surface area contributed by atoms with Crippen molar-refractivity contribution in [2.24, 2.45) is 0 Å². The maximum atomic E-state index is 6.09. The van der Waals surface area contributed by atoms with Crippen molar-refractivity contribution in [3.63, 3.8) is 0 Å². The van der Waals surface area contributed by atoms with E-state index in [4.69, 9.17) is 20.8 Å². The molecule has 0 aliphatic carbocycles. The van der Waals surface area contributed by atoms with Gasteiger partial charge >= 0.3 is 0 Å². The van der Waals surface area contributed by atoms with E-state index >= 15 is 0 Å². The first-order valence-corrected chi connectivity index (χ1v) is 5.96. The van der Waals surface area contributed by atoms with Crippen molar-refractivity contribution in [1.82, 2.24) is 5.32 Å². The number of methoxy groups -OCH3 is 1. The molecule has 2 aromatic rings. The van der Waals surface area contributed by atoms with Gasteiger partial charge in [0.1, 0.15) is 0 Å². The van der Waals surface area contributed by atoms with Crippen LogP contribution in [0, 0.1) is 6.92 Å². The molecule has 0 aliphatic rings. The van der Waals surface area contributed by atoms with Gasteiger partial charge in [-0.1, -0.05) is 17.7 Å². The zero-order valence-corrected chi connectivity index (χ0v) is 10.8. The van der Waals surface area contributed by atoms with Gasteiger partial charge < -0.3 is 14.5 Å². The molecule has 1 aromatic heterocycles. The second-order valence-corrected chi connectivity index (χ2v) is 4.41. The molecule has 0 spiro atoms. The third-order valence-corrected chi connectivity index (χ3v) is 3.05. The zero-order chi connectivity index (χ0) is 12.3. The number of halogens is 1. The quantitative estimate of drug-likeness (QED) is 0.832. The Bertz CT molecular complexity index is 507. The number of fused-ring (bicyclic) bond motifs is 1. The van der Waals surface area contributed by atoms with Crippen molar-refractivity contribution in [1.29, 1.82) is 0 Å². The number of hydrogen-bond acceptors (Lipinski definition) is 3. The Hall–Kier alpha value is -1.03. The monoisotopic (exact) mass is 253 g/mol. The van der Waals surface area contributed by atoms with Crippen LogP contribution >= 0.6 is 11.6 Å². The molecule has 4 heteroatoms. The van der Waals surface area contributed by atoms with Crippen LogP contribution in [0.4, 0.5) is 0 Å². The lowest BCUT2D eigenvalue weighted by Crippen LogP contribution is -2.18. The van der Waals surface area contributed by atoms with Crippen LogP contribution in [0.3, 0.4) is 0 Å². The van der Waals surface area contributed by atoms with E-state index in [-0.39, 0.29) is 0 Å². The number of aryl methyl sites for hydroxylation is 1. The summed E-state index contributed by atoms with van der Waals surface area (Å²) in [7, 11) is 1.69. The summed E-state index contributed by atoms with van der Waals surface area (Å²) in [5.74, 6) is 0. The highest BCUT2D eigenvalue weighted by Gasteiger charge is 2.10. The van der Waals surface area contributed by atoms with Crippen LogP contribution in [0.1, 0.15) is 11.1 Å². The highest BCUT2D eigenvalue weighted by Crippen LogP contribution is 2.30. The third kappa shape index (κ3) is 2.63. The van der Waals surface area contributed by atoms with E-state index in [0.717, 1.165) is 29.6 Å². The fourth-order valence-electron chi connectivity index (χ4n) is 1.89. The van der Waals surface area contributed by atoms with Gasteiger partial charge in [0.25, 0.3) is 0 Å². The van der Waals surface area contributed by atoms with Crippen LogP contribution < -0.4 is 5.32 Å². The highest BCUT2D eigenvalue weighted by molar-refractivity contribution is 6.35. The van der Waals surface area contributed by atoms with Gasteiger partial charge in [0.15, 0.2) is 5.58 Å². The fraction of sp³-hybridized carbons (Fsp3) is 0.385. The van der Waals surface area contributed by atoms with E-state index in [1.54, 1.807) is 13.4 Å². The van der Waals surface area contributed by atoms with Gasteiger partial charge in [0.2, 0.25) is 0 Å². The van der Waals surface area contributed by atoms with Crippen LogP contribution in [0.25, 0.3) is 11.0 Å². The number of hydrogen-bond donors (Lipinski definition) is 1. The summed E-state index contributed by atoms with van der Waals surface area (Å²) >= 11 is 6.09. The van der Waals surface area contributed by atoms with E-state index in [1.807, 2.05) is 12.1 Å². The average molecular weight is 254 g/mol. The van der Waals surface area contributed by atoms with Crippen molar-refractivity contribution < 1.29 is 9.15 Å². The van der Waals surface area contributed by atoms with Crippen LogP contribution in [0.2, 0.25) is 5.02 Å². The molecule has 1 aromatic carbocycles. The second-order valence-electron chi connectivity index (χ2n) is 4.00. The number of furan rings is 1. The van der Waals surface area contributed by atoms with Gasteiger partial charge in [-0.05, 0) is 18.6 Å². The summed E-state index contributed by atoms with van der Waals surface area (Å²) in [4.78, 5) is 0. The van der Waals surface area contributed by atoms with Gasteiger partial charge in [-0.2, -0.15) is 0 Å². The van der Waals surface area contributed by atoms with Crippen molar-refractivity contribution in [3.05, 3.63) is 34.5 Å². The van der Waals surface area contributed by atoms with Gasteiger partial charge in [0, 0.05) is 31.1 Å². The maximum Gasteiger partial charge on any atom is 0.153 e. The van der Waals surface area contributed by atoms with Crippen LogP contribution in [-0.4, -0.2) is 20.3 Å². The van der Waals surface area contributed by atoms with Gasteiger partial charge in [0.05, 0.1) is 17.9 Å². The van der Waals surface area contributed by atoms with Crippen molar-refractivity contribution in [2.75, 3.05) is 20.3 Å². The first kappa shape index (κ1) is 12.4. The Morgan fingerprint density at radius 3 is 3.00 bits per heavy atom. The Labute approximate surface area is 106 Å². The standard InChI is InChI=1S/C13H16ClNO2/c1-9-3-4-11(14)13-12(9)10(8-17-13)7-15-5-6-16-2/h3-4,8,15H,5-7H2,1-2H3. The molecule has 0 saturated carbocycles. The minimum Gasteiger partial charge on any atom is -0.462 e. The van der Waals surface area contributed by atoms with Crippen molar-refractivity contribution >= 4 is 22.6 Å². The average Bonchev–Trinajstić information content (AvgIpc) is 2.75. The summed E-state index contributed by atoms with van der Waals surface area (Å²) < 4.78 is 10.5. The molecule has 0 aliphatic heterocycles. The lowest BCUT2D eigenvalue weighted by atomic mass is 10.1. The third-order valence-electron chi connectivity index (χ3n) is 2.76. The lowest BCUT2D eigenvalue weighted by molar-refractivity contribution is 0.199. The summed E-state index contributed by atoms with van der Waals surface area (Å²) in [5, 5.41) is 5.07. The normalized spacial score (nSPS) is 11.2. The molecule has 0 atom stereocenters. The number of benzene rings is 1.